The number of rotatable bonds is 4. The average Bonchev–Trinajstić information content (AvgIpc) is 2.49. The second-order valence-corrected chi connectivity index (χ2v) is 2.95. The lowest BCUT2D eigenvalue weighted by molar-refractivity contribution is -0.797. The van der Waals surface area contributed by atoms with Crippen LogP contribution in [0.5, 0.6) is 0 Å². The van der Waals surface area contributed by atoms with E-state index in [4.69, 9.17) is 15.0 Å². The standard InChI is InChI=1S/C5H8N2O6.CH2O3/c8-6(9)12-4-2-1-3-5(4)13-7(10)11;2-1(3)4/h4-5H,1-3H2;(H2,2,3,4)/t4-,5+;. The molecule has 0 aromatic heterocycles. The first-order valence-electron chi connectivity index (χ1n) is 4.37. The molecule has 11 nitrogen and oxygen atoms in total. The minimum Gasteiger partial charge on any atom is -0.450 e. The normalized spacial score (nSPS) is 21.9. The molecule has 0 aromatic carbocycles. The molecule has 1 saturated carbocycles. The molecule has 98 valence electrons. The lowest BCUT2D eigenvalue weighted by Crippen LogP contribution is -2.30. The Hall–Kier alpha value is -2.33. The highest BCUT2D eigenvalue weighted by molar-refractivity contribution is 5.53. The highest BCUT2D eigenvalue weighted by Gasteiger charge is 2.33. The van der Waals surface area contributed by atoms with Gasteiger partial charge in [-0.25, -0.2) is 4.79 Å². The van der Waals surface area contributed by atoms with Gasteiger partial charge in [0.1, 0.15) is 12.2 Å². The maximum absolute atomic E-state index is 9.94. The third-order valence-electron chi connectivity index (χ3n) is 1.83. The van der Waals surface area contributed by atoms with E-state index >= 15 is 0 Å². The summed E-state index contributed by atoms with van der Waals surface area (Å²) in [6.45, 7) is 0. The molecule has 0 unspecified atom stereocenters. The highest BCUT2D eigenvalue weighted by Crippen LogP contribution is 2.24. The first kappa shape index (κ1) is 14.7. The van der Waals surface area contributed by atoms with E-state index in [1.165, 1.54) is 0 Å². The van der Waals surface area contributed by atoms with E-state index in [9.17, 15) is 20.2 Å². The minimum atomic E-state index is -1.83. The van der Waals surface area contributed by atoms with Crippen LogP contribution in [-0.4, -0.2) is 38.7 Å². The Morgan fingerprint density at radius 1 is 1.06 bits per heavy atom. The molecule has 2 N–H and O–H groups in total. The van der Waals surface area contributed by atoms with Crippen molar-refractivity contribution in [2.24, 2.45) is 0 Å². The zero-order valence-electron chi connectivity index (χ0n) is 8.42. The van der Waals surface area contributed by atoms with Crippen molar-refractivity contribution in [2.75, 3.05) is 0 Å². The van der Waals surface area contributed by atoms with Gasteiger partial charge in [-0.3, -0.25) is 0 Å². The monoisotopic (exact) mass is 254 g/mol. The third-order valence-corrected chi connectivity index (χ3v) is 1.83. The van der Waals surface area contributed by atoms with Crippen LogP contribution in [-0.2, 0) is 9.68 Å². The van der Waals surface area contributed by atoms with E-state index < -0.39 is 28.5 Å². The Bertz CT molecular complexity index is 267. The topological polar surface area (TPSA) is 162 Å². The zero-order chi connectivity index (χ0) is 13.4. The van der Waals surface area contributed by atoms with Crippen molar-refractivity contribution in [2.45, 2.75) is 31.5 Å². The Balaban J connectivity index is 0.000000557. The SMILES string of the molecule is O=C(O)O.O=[N+]([O-])O[C@H]1CCC[C@H]1O[N+](=O)[O-]. The van der Waals surface area contributed by atoms with Gasteiger partial charge in [-0.05, 0) is 19.3 Å². The Labute approximate surface area is 93.8 Å². The van der Waals surface area contributed by atoms with Crippen molar-refractivity contribution in [3.05, 3.63) is 20.2 Å². The van der Waals surface area contributed by atoms with Gasteiger partial charge in [-0.1, -0.05) is 0 Å². The smallest absolute Gasteiger partial charge is 0.450 e. The van der Waals surface area contributed by atoms with Crippen molar-refractivity contribution < 1.29 is 34.9 Å². The fourth-order valence-electron chi connectivity index (χ4n) is 1.35. The molecule has 0 saturated heterocycles. The van der Waals surface area contributed by atoms with Crippen LogP contribution in [0.15, 0.2) is 0 Å². The molecular weight excluding hydrogens is 244 g/mol. The van der Waals surface area contributed by atoms with Gasteiger partial charge in [0.05, 0.1) is 0 Å². The summed E-state index contributed by atoms with van der Waals surface area (Å²) in [6, 6.07) is 0. The summed E-state index contributed by atoms with van der Waals surface area (Å²) < 4.78 is 0. The van der Waals surface area contributed by atoms with E-state index in [0.29, 0.717) is 19.3 Å². The molecule has 0 heterocycles. The lowest BCUT2D eigenvalue weighted by atomic mass is 10.3. The zero-order valence-corrected chi connectivity index (χ0v) is 8.42. The van der Waals surface area contributed by atoms with Gasteiger partial charge < -0.3 is 19.9 Å². The number of carbonyl (C=O) groups is 1. The van der Waals surface area contributed by atoms with Crippen LogP contribution < -0.4 is 0 Å². The average molecular weight is 254 g/mol. The van der Waals surface area contributed by atoms with E-state index in [1.54, 1.807) is 0 Å². The molecule has 1 rings (SSSR count). The van der Waals surface area contributed by atoms with Crippen LogP contribution in [0.4, 0.5) is 4.79 Å². The maximum Gasteiger partial charge on any atom is 0.503 e. The summed E-state index contributed by atoms with van der Waals surface area (Å²) >= 11 is 0. The number of hydrogen-bond donors (Lipinski definition) is 2. The molecule has 0 radical (unpaired) electrons. The molecule has 2 atom stereocenters. The van der Waals surface area contributed by atoms with Crippen molar-refractivity contribution in [3.8, 4) is 0 Å². The second-order valence-electron chi connectivity index (χ2n) is 2.95. The first-order chi connectivity index (χ1) is 7.82. The predicted octanol–water partition coefficient (Wildman–Crippen LogP) is 0.547. The van der Waals surface area contributed by atoms with Crippen LogP contribution in [0, 0.1) is 20.2 Å². The highest BCUT2D eigenvalue weighted by atomic mass is 17.0. The summed E-state index contributed by atoms with van der Waals surface area (Å²) in [5.41, 5.74) is 0. The van der Waals surface area contributed by atoms with E-state index in [2.05, 4.69) is 9.68 Å². The van der Waals surface area contributed by atoms with Crippen LogP contribution in [0.25, 0.3) is 0 Å². The summed E-state index contributed by atoms with van der Waals surface area (Å²) in [5, 5.41) is 31.9. The molecule has 1 aliphatic rings. The number of hydrogen-bond acceptors (Lipinski definition) is 7. The Kier molecular flexibility index (Phi) is 6.06. The first-order valence-corrected chi connectivity index (χ1v) is 4.37. The third kappa shape index (κ3) is 7.58. The minimum absolute atomic E-state index is 0.416. The van der Waals surface area contributed by atoms with Crippen LogP contribution >= 0.6 is 0 Å². The van der Waals surface area contributed by atoms with Gasteiger partial charge in [0.2, 0.25) is 0 Å². The molecule has 0 aromatic rings. The molecule has 17 heavy (non-hydrogen) atoms. The number of nitrogens with zero attached hydrogens (tertiary/aromatic N) is 2. The van der Waals surface area contributed by atoms with E-state index in [0.717, 1.165) is 0 Å². The predicted molar refractivity (Wildman–Crippen MR) is 48.2 cm³/mol. The van der Waals surface area contributed by atoms with Crippen molar-refractivity contribution in [1.29, 1.82) is 0 Å². The maximum atomic E-state index is 9.94. The molecule has 0 spiro atoms. The Morgan fingerprint density at radius 2 is 1.35 bits per heavy atom. The quantitative estimate of drug-likeness (QED) is 0.538. The Morgan fingerprint density at radius 3 is 1.59 bits per heavy atom. The second kappa shape index (κ2) is 7.03. The van der Waals surface area contributed by atoms with Crippen molar-refractivity contribution >= 4 is 6.16 Å². The largest absolute Gasteiger partial charge is 0.503 e. The molecule has 0 bridgehead atoms. The van der Waals surface area contributed by atoms with E-state index in [-0.39, 0.29) is 0 Å². The summed E-state index contributed by atoms with van der Waals surface area (Å²) in [5.74, 6) is 0. The molecule has 0 amide bonds. The summed E-state index contributed by atoms with van der Waals surface area (Å²) in [7, 11) is 0. The van der Waals surface area contributed by atoms with E-state index in [1.807, 2.05) is 0 Å². The van der Waals surface area contributed by atoms with Gasteiger partial charge in [0, 0.05) is 0 Å². The molecule has 0 aliphatic heterocycles. The summed E-state index contributed by atoms with van der Waals surface area (Å²) in [4.78, 5) is 36.9. The van der Waals surface area contributed by atoms with Crippen molar-refractivity contribution in [3.63, 3.8) is 0 Å². The van der Waals surface area contributed by atoms with Crippen LogP contribution in [0.1, 0.15) is 19.3 Å². The summed E-state index contributed by atoms with van der Waals surface area (Å²) in [6.07, 6.45) is -1.98. The fourth-order valence-corrected chi connectivity index (χ4v) is 1.35. The van der Waals surface area contributed by atoms with Crippen molar-refractivity contribution in [1.82, 2.24) is 0 Å². The van der Waals surface area contributed by atoms with Gasteiger partial charge in [-0.2, -0.15) is 0 Å². The number of carboxylic acid groups (broad SMARTS) is 2. The van der Waals surface area contributed by atoms with Crippen LogP contribution in [0.3, 0.4) is 0 Å². The fraction of sp³-hybridized carbons (Fsp3) is 0.833. The molecule has 1 aliphatic carbocycles. The lowest BCUT2D eigenvalue weighted by Gasteiger charge is -2.14. The van der Waals surface area contributed by atoms with Gasteiger partial charge in [-0.15, -0.1) is 20.2 Å². The van der Waals surface area contributed by atoms with Gasteiger partial charge in [0.15, 0.2) is 0 Å². The van der Waals surface area contributed by atoms with Gasteiger partial charge in [0.25, 0.3) is 10.2 Å². The van der Waals surface area contributed by atoms with Crippen LogP contribution in [0.2, 0.25) is 0 Å². The molecule has 1 fully saturated rings. The van der Waals surface area contributed by atoms with Gasteiger partial charge >= 0.3 is 6.16 Å². The molecular formula is C6H10N2O9. The molecule has 11 heteroatoms.